The predicted octanol–water partition coefficient (Wildman–Crippen LogP) is 3.15. The molecule has 6 heteroatoms. The highest BCUT2D eigenvalue weighted by molar-refractivity contribution is 5.98. The SMILES string of the molecule is CCc1ccc(O)c(C(=O)N2CCC[C@@H](C(=O)Nc3ncccc3C)C2)c1. The maximum Gasteiger partial charge on any atom is 0.257 e. The van der Waals surface area contributed by atoms with E-state index in [1.54, 1.807) is 23.2 Å². The second kappa shape index (κ2) is 8.20. The van der Waals surface area contributed by atoms with Crippen LogP contribution in [0.1, 0.15) is 41.3 Å². The van der Waals surface area contributed by atoms with Crippen molar-refractivity contribution in [2.24, 2.45) is 5.92 Å². The van der Waals surface area contributed by atoms with Crippen LogP contribution in [0.25, 0.3) is 0 Å². The lowest BCUT2D eigenvalue weighted by Crippen LogP contribution is -2.44. The lowest BCUT2D eigenvalue weighted by molar-refractivity contribution is -0.121. The number of carbonyl (C=O) groups excluding carboxylic acids is 2. The second-order valence-electron chi connectivity index (χ2n) is 6.95. The van der Waals surface area contributed by atoms with Crippen molar-refractivity contribution in [2.45, 2.75) is 33.1 Å². The van der Waals surface area contributed by atoms with Crippen LogP contribution in [0, 0.1) is 12.8 Å². The molecule has 2 heterocycles. The fourth-order valence-corrected chi connectivity index (χ4v) is 3.36. The van der Waals surface area contributed by atoms with E-state index in [2.05, 4.69) is 10.3 Å². The van der Waals surface area contributed by atoms with E-state index in [0.717, 1.165) is 30.4 Å². The van der Waals surface area contributed by atoms with Crippen molar-refractivity contribution in [2.75, 3.05) is 18.4 Å². The zero-order valence-corrected chi connectivity index (χ0v) is 15.7. The number of rotatable bonds is 4. The third-order valence-corrected chi connectivity index (χ3v) is 5.03. The van der Waals surface area contributed by atoms with E-state index in [9.17, 15) is 14.7 Å². The van der Waals surface area contributed by atoms with E-state index in [1.165, 1.54) is 0 Å². The molecule has 2 aromatic rings. The van der Waals surface area contributed by atoms with Crippen LogP contribution in [0.3, 0.4) is 0 Å². The second-order valence-corrected chi connectivity index (χ2v) is 6.95. The zero-order valence-electron chi connectivity index (χ0n) is 15.7. The number of aryl methyl sites for hydroxylation is 2. The lowest BCUT2D eigenvalue weighted by Gasteiger charge is -2.32. The molecule has 0 saturated carbocycles. The first-order valence-corrected chi connectivity index (χ1v) is 9.33. The molecule has 1 atom stereocenters. The number of phenolic OH excluding ortho intramolecular Hbond substituents is 1. The molecular formula is C21H25N3O3. The smallest absolute Gasteiger partial charge is 0.257 e. The summed E-state index contributed by atoms with van der Waals surface area (Å²) in [5, 5.41) is 13.0. The summed E-state index contributed by atoms with van der Waals surface area (Å²) in [5.74, 6) is -0.108. The molecular weight excluding hydrogens is 342 g/mol. The fraction of sp³-hybridized carbons (Fsp3) is 0.381. The standard InChI is InChI=1S/C21H25N3O3/c1-3-15-8-9-18(25)17(12-15)21(27)24-11-5-7-16(13-24)20(26)23-19-14(2)6-4-10-22-19/h4,6,8-10,12,16,25H,3,5,7,11,13H2,1-2H3,(H,22,23,26)/t16-/m1/s1. The Labute approximate surface area is 159 Å². The van der Waals surface area contributed by atoms with Crippen molar-refractivity contribution >= 4 is 17.6 Å². The molecule has 1 aromatic carbocycles. The maximum absolute atomic E-state index is 12.9. The number of amides is 2. The highest BCUT2D eigenvalue weighted by Crippen LogP contribution is 2.25. The van der Waals surface area contributed by atoms with E-state index in [0.29, 0.717) is 24.5 Å². The third-order valence-electron chi connectivity index (χ3n) is 5.03. The van der Waals surface area contributed by atoms with Crippen LogP contribution in [-0.4, -0.2) is 39.9 Å². The Morgan fingerprint density at radius 1 is 1.33 bits per heavy atom. The average molecular weight is 367 g/mol. The number of benzene rings is 1. The molecule has 2 N–H and O–H groups in total. The monoisotopic (exact) mass is 367 g/mol. The number of pyridine rings is 1. The van der Waals surface area contributed by atoms with Gasteiger partial charge in [-0.15, -0.1) is 0 Å². The summed E-state index contributed by atoms with van der Waals surface area (Å²) in [6, 6.07) is 8.82. The average Bonchev–Trinajstić information content (AvgIpc) is 2.69. The topological polar surface area (TPSA) is 82.5 Å². The number of phenols is 1. The van der Waals surface area contributed by atoms with Gasteiger partial charge in [-0.1, -0.05) is 19.1 Å². The number of aromatic nitrogens is 1. The Morgan fingerprint density at radius 2 is 2.15 bits per heavy atom. The minimum Gasteiger partial charge on any atom is -0.507 e. The van der Waals surface area contributed by atoms with Gasteiger partial charge in [-0.3, -0.25) is 9.59 Å². The molecule has 0 unspecified atom stereocenters. The normalized spacial score (nSPS) is 16.8. The van der Waals surface area contributed by atoms with Crippen LogP contribution in [0.15, 0.2) is 36.5 Å². The molecule has 1 aromatic heterocycles. The van der Waals surface area contributed by atoms with Gasteiger partial charge in [0.25, 0.3) is 5.91 Å². The molecule has 142 valence electrons. The van der Waals surface area contributed by atoms with Gasteiger partial charge in [0.2, 0.25) is 5.91 Å². The van der Waals surface area contributed by atoms with E-state index in [-0.39, 0.29) is 23.5 Å². The number of hydrogen-bond acceptors (Lipinski definition) is 4. The van der Waals surface area contributed by atoms with Crippen molar-refractivity contribution in [3.05, 3.63) is 53.2 Å². The van der Waals surface area contributed by atoms with Gasteiger partial charge in [0.1, 0.15) is 11.6 Å². The lowest BCUT2D eigenvalue weighted by atomic mass is 9.96. The van der Waals surface area contributed by atoms with Gasteiger partial charge in [-0.05, 0) is 55.5 Å². The van der Waals surface area contributed by atoms with Crippen molar-refractivity contribution in [1.82, 2.24) is 9.88 Å². The number of carbonyl (C=O) groups is 2. The minimum atomic E-state index is -0.291. The maximum atomic E-state index is 12.9. The van der Waals surface area contributed by atoms with Crippen molar-refractivity contribution in [1.29, 1.82) is 0 Å². The zero-order chi connectivity index (χ0) is 19.4. The van der Waals surface area contributed by atoms with Gasteiger partial charge < -0.3 is 15.3 Å². The van der Waals surface area contributed by atoms with E-state index < -0.39 is 0 Å². The van der Waals surface area contributed by atoms with Gasteiger partial charge >= 0.3 is 0 Å². The first-order chi connectivity index (χ1) is 13.0. The molecule has 2 amide bonds. The molecule has 0 radical (unpaired) electrons. The van der Waals surface area contributed by atoms with Crippen LogP contribution < -0.4 is 5.32 Å². The number of likely N-dealkylation sites (tertiary alicyclic amines) is 1. The van der Waals surface area contributed by atoms with Crippen LogP contribution in [-0.2, 0) is 11.2 Å². The summed E-state index contributed by atoms with van der Waals surface area (Å²) < 4.78 is 0. The predicted molar refractivity (Wildman–Crippen MR) is 104 cm³/mol. The molecule has 3 rings (SSSR count). The summed E-state index contributed by atoms with van der Waals surface area (Å²) in [6.45, 7) is 4.82. The van der Waals surface area contributed by atoms with Gasteiger partial charge in [0.05, 0.1) is 11.5 Å². The van der Waals surface area contributed by atoms with Gasteiger partial charge in [-0.2, -0.15) is 0 Å². The number of nitrogens with zero attached hydrogens (tertiary/aromatic N) is 2. The first-order valence-electron chi connectivity index (χ1n) is 9.33. The number of aromatic hydroxyl groups is 1. The molecule has 0 spiro atoms. The summed E-state index contributed by atoms with van der Waals surface area (Å²) in [7, 11) is 0. The van der Waals surface area contributed by atoms with Gasteiger partial charge in [-0.25, -0.2) is 4.98 Å². The quantitative estimate of drug-likeness (QED) is 0.870. The highest BCUT2D eigenvalue weighted by atomic mass is 16.3. The minimum absolute atomic E-state index is 0.0205. The number of nitrogens with one attached hydrogen (secondary N) is 1. The van der Waals surface area contributed by atoms with E-state index in [4.69, 9.17) is 0 Å². The van der Waals surface area contributed by atoms with Crippen molar-refractivity contribution in [3.8, 4) is 5.75 Å². The van der Waals surface area contributed by atoms with Crippen molar-refractivity contribution in [3.63, 3.8) is 0 Å². The molecule has 1 aliphatic heterocycles. The Kier molecular flexibility index (Phi) is 5.74. The molecule has 6 nitrogen and oxygen atoms in total. The molecule has 1 saturated heterocycles. The van der Waals surface area contributed by atoms with Crippen LogP contribution >= 0.6 is 0 Å². The number of hydrogen-bond donors (Lipinski definition) is 2. The molecule has 27 heavy (non-hydrogen) atoms. The van der Waals surface area contributed by atoms with E-state index >= 15 is 0 Å². The number of piperidine rings is 1. The van der Waals surface area contributed by atoms with Gasteiger partial charge in [0.15, 0.2) is 0 Å². The Bertz CT molecular complexity index is 850. The largest absolute Gasteiger partial charge is 0.507 e. The Balaban J connectivity index is 1.71. The Morgan fingerprint density at radius 3 is 2.89 bits per heavy atom. The van der Waals surface area contributed by atoms with Crippen LogP contribution in [0.5, 0.6) is 5.75 Å². The Hall–Kier alpha value is -2.89. The summed E-state index contributed by atoms with van der Waals surface area (Å²) in [4.78, 5) is 31.4. The summed E-state index contributed by atoms with van der Waals surface area (Å²) in [5.41, 5.74) is 2.19. The van der Waals surface area contributed by atoms with Gasteiger partial charge in [0, 0.05) is 19.3 Å². The highest BCUT2D eigenvalue weighted by Gasteiger charge is 2.30. The first kappa shape index (κ1) is 18.9. The molecule has 0 bridgehead atoms. The molecule has 0 aliphatic carbocycles. The molecule has 1 aliphatic rings. The summed E-state index contributed by atoms with van der Waals surface area (Å²) in [6.07, 6.45) is 3.90. The summed E-state index contributed by atoms with van der Waals surface area (Å²) >= 11 is 0. The fourth-order valence-electron chi connectivity index (χ4n) is 3.36. The number of anilines is 1. The molecule has 1 fully saturated rings. The van der Waals surface area contributed by atoms with Crippen LogP contribution in [0.2, 0.25) is 0 Å². The third kappa shape index (κ3) is 4.27. The van der Waals surface area contributed by atoms with E-state index in [1.807, 2.05) is 32.0 Å². The van der Waals surface area contributed by atoms with Crippen molar-refractivity contribution < 1.29 is 14.7 Å². The van der Waals surface area contributed by atoms with Crippen LogP contribution in [0.4, 0.5) is 5.82 Å².